The lowest BCUT2D eigenvalue weighted by atomic mass is 10.0. The molecule has 130 valence electrons. The van der Waals surface area contributed by atoms with Crippen LogP contribution in [0.5, 0.6) is 0 Å². The summed E-state index contributed by atoms with van der Waals surface area (Å²) in [6, 6.07) is 12.8. The molecule has 0 radical (unpaired) electrons. The summed E-state index contributed by atoms with van der Waals surface area (Å²) in [7, 11) is 0. The van der Waals surface area contributed by atoms with E-state index in [2.05, 4.69) is 0 Å². The van der Waals surface area contributed by atoms with E-state index in [-0.39, 0.29) is 23.4 Å². The Balaban J connectivity index is 2.01. The molecule has 0 fully saturated rings. The van der Waals surface area contributed by atoms with E-state index in [1.807, 2.05) is 55.2 Å². The quantitative estimate of drug-likeness (QED) is 0.780. The van der Waals surface area contributed by atoms with Crippen molar-refractivity contribution in [1.29, 1.82) is 0 Å². The van der Waals surface area contributed by atoms with Crippen molar-refractivity contribution < 1.29 is 13.6 Å². The number of Topliss-reactive ketones (excluding diaryl/α,β-unsaturated/α-hetero) is 1. The molecule has 25 heavy (non-hydrogen) atoms. The van der Waals surface area contributed by atoms with Crippen LogP contribution in [-0.2, 0) is 4.79 Å². The number of hydrogen-bond acceptors (Lipinski definition) is 2. The minimum absolute atomic E-state index is 0.135. The summed E-state index contributed by atoms with van der Waals surface area (Å²) in [5.74, 6) is -0.782. The van der Waals surface area contributed by atoms with E-state index in [1.165, 1.54) is 6.07 Å². The van der Waals surface area contributed by atoms with Crippen molar-refractivity contribution >= 4 is 11.4 Å². The largest absolute Gasteiger partial charge is 0.298 e. The highest BCUT2D eigenvalue weighted by atomic mass is 19.1. The number of rotatable bonds is 5. The third-order valence-corrected chi connectivity index (χ3v) is 4.80. The summed E-state index contributed by atoms with van der Waals surface area (Å²) < 4.78 is 27.8. The molecule has 1 heterocycles. The highest BCUT2D eigenvalue weighted by molar-refractivity contribution is 5.84. The van der Waals surface area contributed by atoms with E-state index in [9.17, 15) is 13.6 Å². The van der Waals surface area contributed by atoms with Crippen molar-refractivity contribution in [1.82, 2.24) is 4.90 Å². The molecule has 4 heteroatoms. The molecule has 1 aliphatic rings. The van der Waals surface area contributed by atoms with Crippen LogP contribution in [0.4, 0.5) is 8.78 Å². The van der Waals surface area contributed by atoms with Gasteiger partial charge in [0, 0.05) is 18.5 Å². The second-order valence-corrected chi connectivity index (χ2v) is 6.34. The Labute approximate surface area is 146 Å². The Kier molecular flexibility index (Phi) is 5.09. The first-order chi connectivity index (χ1) is 12.0. The monoisotopic (exact) mass is 341 g/mol. The van der Waals surface area contributed by atoms with Crippen molar-refractivity contribution in [2.24, 2.45) is 0 Å². The van der Waals surface area contributed by atoms with Crippen LogP contribution < -0.4 is 0 Å². The molecule has 0 aromatic heterocycles. The molecule has 1 unspecified atom stereocenters. The number of benzene rings is 2. The fourth-order valence-electron chi connectivity index (χ4n) is 3.35. The van der Waals surface area contributed by atoms with Crippen LogP contribution in [0, 0.1) is 11.6 Å². The third-order valence-electron chi connectivity index (χ3n) is 4.80. The second kappa shape index (κ2) is 7.28. The summed E-state index contributed by atoms with van der Waals surface area (Å²) in [5.41, 5.74) is 2.01. The maximum atomic E-state index is 14.2. The van der Waals surface area contributed by atoms with Crippen LogP contribution in [0.1, 0.15) is 37.4 Å². The van der Waals surface area contributed by atoms with Crippen LogP contribution in [0.25, 0.3) is 5.57 Å². The predicted octanol–water partition coefficient (Wildman–Crippen LogP) is 4.77. The molecule has 0 N–H and O–H groups in total. The summed E-state index contributed by atoms with van der Waals surface area (Å²) in [5, 5.41) is 0. The first-order valence-corrected chi connectivity index (χ1v) is 8.50. The van der Waals surface area contributed by atoms with Crippen molar-refractivity contribution in [3.63, 3.8) is 0 Å². The smallest absolute Gasteiger partial charge is 0.149 e. The number of ketones is 1. The first kappa shape index (κ1) is 17.5. The predicted molar refractivity (Wildman–Crippen MR) is 95.0 cm³/mol. The Bertz CT molecular complexity index is 801. The highest BCUT2D eigenvalue weighted by Crippen LogP contribution is 2.37. The molecule has 0 bridgehead atoms. The van der Waals surface area contributed by atoms with Gasteiger partial charge in [0.05, 0.1) is 12.1 Å². The highest BCUT2D eigenvalue weighted by Gasteiger charge is 2.33. The minimum Gasteiger partial charge on any atom is -0.298 e. The summed E-state index contributed by atoms with van der Waals surface area (Å²) in [6.07, 6.45) is 2.38. The molecule has 1 aliphatic heterocycles. The zero-order valence-electron chi connectivity index (χ0n) is 14.4. The minimum atomic E-state index is -0.468. The van der Waals surface area contributed by atoms with E-state index in [1.54, 1.807) is 0 Å². The van der Waals surface area contributed by atoms with Crippen molar-refractivity contribution in [2.75, 3.05) is 6.54 Å². The molecule has 0 aliphatic carbocycles. The summed E-state index contributed by atoms with van der Waals surface area (Å²) >= 11 is 0. The molecule has 2 aromatic carbocycles. The number of carbonyl (C=O) groups excluding carboxylic acids is 1. The normalized spacial score (nSPS) is 18.9. The van der Waals surface area contributed by atoms with Crippen molar-refractivity contribution in [3.05, 3.63) is 77.4 Å². The summed E-state index contributed by atoms with van der Waals surface area (Å²) in [6.45, 7) is 4.13. The van der Waals surface area contributed by atoms with Gasteiger partial charge in [-0.15, -0.1) is 0 Å². The van der Waals surface area contributed by atoms with E-state index >= 15 is 0 Å². The Hall–Kier alpha value is -2.33. The average Bonchev–Trinajstić information content (AvgIpc) is 3.08. The molecule has 3 rings (SSSR count). The van der Waals surface area contributed by atoms with Gasteiger partial charge in [-0.05, 0) is 36.3 Å². The molecular formula is C21H21F2NO. The SMILES string of the molecule is CCC(=O)C(C)N1CC(c2cc(F)ccc2F)=C[C@H]1c1ccccc1. The molecule has 2 atom stereocenters. The zero-order valence-corrected chi connectivity index (χ0v) is 14.4. The summed E-state index contributed by atoms with van der Waals surface area (Å²) in [4.78, 5) is 14.3. The Morgan fingerprint density at radius 2 is 1.92 bits per heavy atom. The van der Waals surface area contributed by atoms with Crippen LogP contribution in [0.2, 0.25) is 0 Å². The van der Waals surface area contributed by atoms with Gasteiger partial charge in [0.1, 0.15) is 17.4 Å². The van der Waals surface area contributed by atoms with Gasteiger partial charge in [0.2, 0.25) is 0 Å². The fraction of sp³-hybridized carbons (Fsp3) is 0.286. The maximum Gasteiger partial charge on any atom is 0.149 e. The topological polar surface area (TPSA) is 20.3 Å². The van der Waals surface area contributed by atoms with Gasteiger partial charge in [-0.3, -0.25) is 9.69 Å². The number of halogens is 2. The van der Waals surface area contributed by atoms with E-state index < -0.39 is 11.6 Å². The molecule has 0 saturated carbocycles. The van der Waals surface area contributed by atoms with Gasteiger partial charge in [-0.2, -0.15) is 0 Å². The van der Waals surface area contributed by atoms with Gasteiger partial charge in [0.25, 0.3) is 0 Å². The lowest BCUT2D eigenvalue weighted by Crippen LogP contribution is -2.39. The van der Waals surface area contributed by atoms with E-state index in [0.717, 1.165) is 17.7 Å². The van der Waals surface area contributed by atoms with Gasteiger partial charge in [-0.25, -0.2) is 8.78 Å². The fourth-order valence-corrected chi connectivity index (χ4v) is 3.35. The van der Waals surface area contributed by atoms with Gasteiger partial charge < -0.3 is 0 Å². The number of hydrogen-bond donors (Lipinski definition) is 0. The van der Waals surface area contributed by atoms with Gasteiger partial charge >= 0.3 is 0 Å². The molecule has 0 amide bonds. The lowest BCUT2D eigenvalue weighted by molar-refractivity contribution is -0.123. The number of nitrogens with zero attached hydrogens (tertiary/aromatic N) is 1. The first-order valence-electron chi connectivity index (χ1n) is 8.50. The molecule has 0 spiro atoms. The van der Waals surface area contributed by atoms with Crippen LogP contribution >= 0.6 is 0 Å². The molecule has 0 saturated heterocycles. The van der Waals surface area contributed by atoms with Crippen molar-refractivity contribution in [2.45, 2.75) is 32.4 Å². The van der Waals surface area contributed by atoms with Crippen LogP contribution in [-0.4, -0.2) is 23.3 Å². The Morgan fingerprint density at radius 3 is 2.60 bits per heavy atom. The molecule has 2 aromatic rings. The van der Waals surface area contributed by atoms with Gasteiger partial charge in [0.15, 0.2) is 0 Å². The zero-order chi connectivity index (χ0) is 18.0. The van der Waals surface area contributed by atoms with Crippen LogP contribution in [0.15, 0.2) is 54.6 Å². The average molecular weight is 341 g/mol. The van der Waals surface area contributed by atoms with E-state index in [4.69, 9.17) is 0 Å². The maximum absolute atomic E-state index is 14.2. The molecule has 2 nitrogen and oxygen atoms in total. The molecular weight excluding hydrogens is 320 g/mol. The Morgan fingerprint density at radius 1 is 1.20 bits per heavy atom. The number of carbonyl (C=O) groups is 1. The third kappa shape index (κ3) is 3.54. The standard InChI is InChI=1S/C21H21F2NO/c1-3-21(25)14(2)24-13-16(18-12-17(22)9-10-19(18)23)11-20(24)15-7-5-4-6-8-15/h4-12,14,20H,3,13H2,1-2H3/t14?,20-/m0/s1. The lowest BCUT2D eigenvalue weighted by Gasteiger charge is -2.30. The van der Waals surface area contributed by atoms with Crippen molar-refractivity contribution in [3.8, 4) is 0 Å². The van der Waals surface area contributed by atoms with E-state index in [0.29, 0.717) is 18.5 Å². The van der Waals surface area contributed by atoms with Crippen LogP contribution in [0.3, 0.4) is 0 Å². The second-order valence-electron chi connectivity index (χ2n) is 6.34. The van der Waals surface area contributed by atoms with Gasteiger partial charge in [-0.1, -0.05) is 43.3 Å².